The molecule has 1 aromatic carbocycles. The number of H-pyrrole nitrogens is 1. The third-order valence-corrected chi connectivity index (χ3v) is 6.14. The molecule has 1 amide bonds. The van der Waals surface area contributed by atoms with E-state index in [1.165, 1.54) is 10.9 Å². The molecule has 3 heterocycles. The number of nitrogens with one attached hydrogen (secondary N) is 2. The van der Waals surface area contributed by atoms with Crippen LogP contribution in [0.4, 0.5) is 5.82 Å². The van der Waals surface area contributed by atoms with Crippen LogP contribution in [-0.4, -0.2) is 72.6 Å². The SMILES string of the molecule is COP(=O)(O)OC[C@H]1O[C@@H](n2cnc3c(NC(=O)c4cccc(C)c4)[nH]c(=O)nc32)[C@H](O)[C@@H]1O. The van der Waals surface area contributed by atoms with Gasteiger partial charge in [-0.25, -0.2) is 14.3 Å². The zero-order valence-corrected chi connectivity index (χ0v) is 18.9. The number of phosphoric ester groups is 1. The second-order valence-corrected chi connectivity index (χ2v) is 9.12. The first-order valence-corrected chi connectivity index (χ1v) is 11.5. The molecule has 1 aliphatic rings. The van der Waals surface area contributed by atoms with Crippen molar-refractivity contribution in [2.24, 2.45) is 0 Å². The molecule has 0 radical (unpaired) electrons. The van der Waals surface area contributed by atoms with Gasteiger partial charge in [0.25, 0.3) is 5.91 Å². The van der Waals surface area contributed by atoms with Crippen molar-refractivity contribution in [2.75, 3.05) is 19.0 Å². The maximum absolute atomic E-state index is 12.6. The van der Waals surface area contributed by atoms with Crippen molar-refractivity contribution in [1.82, 2.24) is 19.5 Å². The number of anilines is 1. The fraction of sp³-hybridized carbons (Fsp3) is 0.368. The summed E-state index contributed by atoms with van der Waals surface area (Å²) in [7, 11) is -3.36. The van der Waals surface area contributed by atoms with E-state index in [-0.39, 0.29) is 17.0 Å². The zero-order valence-electron chi connectivity index (χ0n) is 18.0. The number of aromatic nitrogens is 4. The van der Waals surface area contributed by atoms with Gasteiger partial charge in [-0.05, 0) is 19.1 Å². The molecule has 5 N–H and O–H groups in total. The minimum absolute atomic E-state index is 0.0190. The molecule has 15 heteroatoms. The first kappa shape index (κ1) is 24.2. The van der Waals surface area contributed by atoms with Gasteiger partial charge in [0.15, 0.2) is 11.9 Å². The largest absolute Gasteiger partial charge is 0.472 e. The molecule has 3 aromatic rings. The molecule has 14 nitrogen and oxygen atoms in total. The fourth-order valence-electron chi connectivity index (χ4n) is 3.50. The molecule has 34 heavy (non-hydrogen) atoms. The second kappa shape index (κ2) is 9.35. The molecule has 1 fully saturated rings. The summed E-state index contributed by atoms with van der Waals surface area (Å²) in [5.74, 6) is -0.507. The topological polar surface area (TPSA) is 198 Å². The summed E-state index contributed by atoms with van der Waals surface area (Å²) in [5.41, 5.74) is 0.500. The lowest BCUT2D eigenvalue weighted by molar-refractivity contribution is -0.0509. The average Bonchev–Trinajstić information content (AvgIpc) is 3.33. The van der Waals surface area contributed by atoms with Crippen LogP contribution in [-0.2, 0) is 18.3 Å². The predicted molar refractivity (Wildman–Crippen MR) is 116 cm³/mol. The van der Waals surface area contributed by atoms with Gasteiger partial charge >= 0.3 is 13.5 Å². The monoisotopic (exact) mass is 495 g/mol. The van der Waals surface area contributed by atoms with E-state index in [2.05, 4.69) is 24.8 Å². The first-order valence-electron chi connectivity index (χ1n) is 9.99. The molecule has 2 aromatic heterocycles. The highest BCUT2D eigenvalue weighted by molar-refractivity contribution is 7.47. The highest BCUT2D eigenvalue weighted by Crippen LogP contribution is 2.43. The van der Waals surface area contributed by atoms with Crippen LogP contribution in [0.3, 0.4) is 0 Å². The standard InChI is InChI=1S/C19H22N5O9P/c1-9-4-3-5-10(6-9)17(27)21-15-12-16(23-19(28)22-15)24(8-20-12)18-14(26)13(25)11(33-18)7-32-34(29,30)31-2/h3-6,8,11,13-14,18,25-26H,7H2,1-2H3,(H,29,30)(H2,21,22,23,27,28)/t11-,13-,14-,18-/m1/s1. The normalized spacial score (nSPS) is 24.3. The van der Waals surface area contributed by atoms with Gasteiger partial charge in [0.05, 0.1) is 12.9 Å². The number of imidazole rings is 1. The van der Waals surface area contributed by atoms with Gasteiger partial charge in [0.2, 0.25) is 0 Å². The summed E-state index contributed by atoms with van der Waals surface area (Å²) in [6.45, 7) is 1.27. The van der Waals surface area contributed by atoms with Crippen LogP contribution in [0.15, 0.2) is 35.4 Å². The number of aromatic amines is 1. The average molecular weight is 495 g/mol. The van der Waals surface area contributed by atoms with Crippen molar-refractivity contribution >= 4 is 30.7 Å². The van der Waals surface area contributed by atoms with Crippen LogP contribution >= 0.6 is 7.82 Å². The number of nitrogens with zero attached hydrogens (tertiary/aromatic N) is 3. The Hall–Kier alpha value is -2.97. The van der Waals surface area contributed by atoms with Crippen LogP contribution in [0.2, 0.25) is 0 Å². The van der Waals surface area contributed by atoms with E-state index in [9.17, 15) is 29.3 Å². The number of ether oxygens (including phenoxy) is 1. The Morgan fingerprint density at radius 1 is 1.35 bits per heavy atom. The van der Waals surface area contributed by atoms with Crippen molar-refractivity contribution < 1.29 is 38.3 Å². The Balaban J connectivity index is 1.61. The lowest BCUT2D eigenvalue weighted by Crippen LogP contribution is -2.33. The lowest BCUT2D eigenvalue weighted by Gasteiger charge is -2.17. The molecule has 5 atom stereocenters. The summed E-state index contributed by atoms with van der Waals surface area (Å²) in [5, 5.41) is 23.4. The first-order chi connectivity index (χ1) is 16.1. The minimum atomic E-state index is -4.34. The Kier molecular flexibility index (Phi) is 6.64. The molecular formula is C19H22N5O9P. The fourth-order valence-corrected chi connectivity index (χ4v) is 3.94. The number of amides is 1. The van der Waals surface area contributed by atoms with E-state index in [4.69, 9.17) is 9.26 Å². The number of benzene rings is 1. The number of hydrogen-bond acceptors (Lipinski definition) is 10. The number of aliphatic hydroxyl groups excluding tert-OH is 2. The summed E-state index contributed by atoms with van der Waals surface area (Å²) in [6.07, 6.45) is -4.26. The van der Waals surface area contributed by atoms with Gasteiger partial charge in [-0.15, -0.1) is 0 Å². The highest BCUT2D eigenvalue weighted by Gasteiger charge is 2.45. The number of phosphoric acid groups is 1. The molecular weight excluding hydrogens is 473 g/mol. The molecule has 4 rings (SSSR count). The van der Waals surface area contributed by atoms with Crippen molar-refractivity contribution in [3.05, 3.63) is 52.2 Å². The molecule has 0 spiro atoms. The molecule has 1 saturated heterocycles. The number of aliphatic hydroxyl groups is 2. The van der Waals surface area contributed by atoms with E-state index in [0.29, 0.717) is 5.56 Å². The predicted octanol–water partition coefficient (Wildman–Crippen LogP) is 0.0629. The van der Waals surface area contributed by atoms with Gasteiger partial charge in [-0.3, -0.25) is 23.4 Å². The van der Waals surface area contributed by atoms with Gasteiger partial charge in [0, 0.05) is 12.7 Å². The van der Waals surface area contributed by atoms with Crippen molar-refractivity contribution in [3.8, 4) is 0 Å². The third-order valence-electron chi connectivity index (χ3n) is 5.21. The highest BCUT2D eigenvalue weighted by atomic mass is 31.2. The minimum Gasteiger partial charge on any atom is -0.387 e. The summed E-state index contributed by atoms with van der Waals surface area (Å²) < 4.78 is 27.3. The maximum atomic E-state index is 12.6. The molecule has 0 saturated carbocycles. The van der Waals surface area contributed by atoms with Crippen LogP contribution in [0.5, 0.6) is 0 Å². The van der Waals surface area contributed by atoms with Gasteiger partial charge in [-0.1, -0.05) is 17.7 Å². The maximum Gasteiger partial charge on any atom is 0.472 e. The second-order valence-electron chi connectivity index (χ2n) is 7.56. The number of carbonyl (C=O) groups is 1. The van der Waals surface area contributed by atoms with Gasteiger partial charge < -0.3 is 25.2 Å². The quantitative estimate of drug-likeness (QED) is 0.278. The van der Waals surface area contributed by atoms with Crippen molar-refractivity contribution in [2.45, 2.75) is 31.5 Å². The van der Waals surface area contributed by atoms with Gasteiger partial charge in [-0.2, -0.15) is 4.98 Å². The van der Waals surface area contributed by atoms with Gasteiger partial charge in [0.1, 0.15) is 29.6 Å². The number of hydrogen-bond donors (Lipinski definition) is 5. The third kappa shape index (κ3) is 4.79. The molecule has 1 unspecified atom stereocenters. The Morgan fingerprint density at radius 3 is 2.82 bits per heavy atom. The zero-order chi connectivity index (χ0) is 24.6. The smallest absolute Gasteiger partial charge is 0.387 e. The number of fused-ring (bicyclic) bond motifs is 1. The molecule has 0 aliphatic carbocycles. The van der Waals surface area contributed by atoms with Crippen LogP contribution in [0.25, 0.3) is 11.2 Å². The number of rotatable bonds is 7. The summed E-state index contributed by atoms with van der Waals surface area (Å²) >= 11 is 0. The molecule has 0 bridgehead atoms. The molecule has 182 valence electrons. The van der Waals surface area contributed by atoms with E-state index < -0.39 is 50.6 Å². The van der Waals surface area contributed by atoms with Crippen LogP contribution in [0.1, 0.15) is 22.1 Å². The Labute approximate surface area is 191 Å². The van der Waals surface area contributed by atoms with E-state index in [1.54, 1.807) is 18.2 Å². The number of aryl methyl sites for hydroxylation is 1. The lowest BCUT2D eigenvalue weighted by atomic mass is 10.1. The van der Waals surface area contributed by atoms with E-state index >= 15 is 0 Å². The van der Waals surface area contributed by atoms with Crippen LogP contribution < -0.4 is 11.0 Å². The van der Waals surface area contributed by atoms with Crippen LogP contribution in [0, 0.1) is 6.92 Å². The van der Waals surface area contributed by atoms with Crippen molar-refractivity contribution in [1.29, 1.82) is 0 Å². The van der Waals surface area contributed by atoms with E-state index in [0.717, 1.165) is 12.7 Å². The Morgan fingerprint density at radius 2 is 2.12 bits per heavy atom. The van der Waals surface area contributed by atoms with E-state index in [1.807, 2.05) is 13.0 Å². The molecule has 1 aliphatic heterocycles. The Bertz CT molecular complexity index is 1320. The van der Waals surface area contributed by atoms with Crippen molar-refractivity contribution in [3.63, 3.8) is 0 Å². The summed E-state index contributed by atoms with van der Waals surface area (Å²) in [6, 6.07) is 6.83. The number of carbonyl (C=O) groups excluding carboxylic acids is 1. The summed E-state index contributed by atoms with van der Waals surface area (Å²) in [4.78, 5) is 44.6.